The first-order chi connectivity index (χ1) is 9.97. The second-order valence-corrected chi connectivity index (χ2v) is 6.24. The molecule has 1 aliphatic rings. The van der Waals surface area contributed by atoms with Crippen LogP contribution in [0.25, 0.3) is 0 Å². The van der Waals surface area contributed by atoms with Crippen molar-refractivity contribution in [2.75, 3.05) is 24.5 Å². The summed E-state index contributed by atoms with van der Waals surface area (Å²) < 4.78 is 0. The zero-order valence-electron chi connectivity index (χ0n) is 13.1. The van der Waals surface area contributed by atoms with Gasteiger partial charge in [0.1, 0.15) is 0 Å². The Morgan fingerprint density at radius 2 is 2.19 bits per heavy atom. The van der Waals surface area contributed by atoms with Gasteiger partial charge in [0.2, 0.25) is 0 Å². The molecular weight excluding hydrogens is 266 g/mol. The third-order valence-electron chi connectivity index (χ3n) is 4.07. The molecule has 0 aliphatic carbocycles. The van der Waals surface area contributed by atoms with E-state index in [1.165, 1.54) is 12.8 Å². The van der Waals surface area contributed by atoms with Crippen LogP contribution in [0.15, 0.2) is 18.2 Å². The van der Waals surface area contributed by atoms with Gasteiger partial charge in [-0.25, -0.2) is 0 Å². The SMILES string of the molecule is Cc1cc(N(CC2CCCNC2)C(C)C)cc([N+](=O)[O-])c1. The van der Waals surface area contributed by atoms with E-state index in [2.05, 4.69) is 24.1 Å². The summed E-state index contributed by atoms with van der Waals surface area (Å²) in [5.41, 5.74) is 2.08. The van der Waals surface area contributed by atoms with E-state index in [-0.39, 0.29) is 10.6 Å². The molecule has 1 aromatic rings. The largest absolute Gasteiger partial charge is 0.369 e. The predicted molar refractivity (Wildman–Crippen MR) is 85.9 cm³/mol. The highest BCUT2D eigenvalue weighted by molar-refractivity contribution is 5.56. The lowest BCUT2D eigenvalue weighted by molar-refractivity contribution is -0.384. The maximum absolute atomic E-state index is 11.1. The number of nitro groups is 1. The van der Waals surface area contributed by atoms with Crippen LogP contribution in [0.2, 0.25) is 0 Å². The summed E-state index contributed by atoms with van der Waals surface area (Å²) in [6, 6.07) is 5.70. The van der Waals surface area contributed by atoms with E-state index in [0.29, 0.717) is 12.0 Å². The molecule has 2 rings (SSSR count). The number of hydrogen-bond acceptors (Lipinski definition) is 4. The third-order valence-corrected chi connectivity index (χ3v) is 4.07. The predicted octanol–water partition coefficient (Wildman–Crippen LogP) is 3.12. The minimum Gasteiger partial charge on any atom is -0.369 e. The van der Waals surface area contributed by atoms with E-state index in [4.69, 9.17) is 0 Å². The fourth-order valence-corrected chi connectivity index (χ4v) is 2.99. The van der Waals surface area contributed by atoms with Crippen molar-refractivity contribution in [3.63, 3.8) is 0 Å². The van der Waals surface area contributed by atoms with Gasteiger partial charge in [-0.2, -0.15) is 0 Å². The average Bonchev–Trinajstić information content (AvgIpc) is 2.44. The number of anilines is 1. The van der Waals surface area contributed by atoms with Crippen LogP contribution in [0.3, 0.4) is 0 Å². The monoisotopic (exact) mass is 291 g/mol. The summed E-state index contributed by atoms with van der Waals surface area (Å²) in [7, 11) is 0. The number of piperidine rings is 1. The molecule has 1 fully saturated rings. The smallest absolute Gasteiger partial charge is 0.271 e. The zero-order chi connectivity index (χ0) is 15.4. The summed E-state index contributed by atoms with van der Waals surface area (Å²) in [5.74, 6) is 0.612. The highest BCUT2D eigenvalue weighted by atomic mass is 16.6. The molecule has 0 radical (unpaired) electrons. The maximum Gasteiger partial charge on any atom is 0.271 e. The van der Waals surface area contributed by atoms with Crippen molar-refractivity contribution < 1.29 is 4.92 Å². The number of hydrogen-bond donors (Lipinski definition) is 1. The number of non-ortho nitro benzene ring substituents is 1. The molecule has 5 heteroatoms. The van der Waals surface area contributed by atoms with Crippen LogP contribution in [-0.4, -0.2) is 30.6 Å². The second-order valence-electron chi connectivity index (χ2n) is 6.24. The fourth-order valence-electron chi connectivity index (χ4n) is 2.99. The first-order valence-corrected chi connectivity index (χ1v) is 7.71. The molecule has 1 aliphatic heterocycles. The van der Waals surface area contributed by atoms with Crippen LogP contribution in [0, 0.1) is 23.0 Å². The molecule has 0 aromatic heterocycles. The number of nitro benzene ring substituents is 1. The van der Waals surface area contributed by atoms with Crippen LogP contribution >= 0.6 is 0 Å². The van der Waals surface area contributed by atoms with E-state index in [1.807, 2.05) is 13.0 Å². The van der Waals surface area contributed by atoms with Gasteiger partial charge in [-0.05, 0) is 64.3 Å². The van der Waals surface area contributed by atoms with E-state index in [0.717, 1.165) is 30.9 Å². The number of rotatable bonds is 5. The zero-order valence-corrected chi connectivity index (χ0v) is 13.1. The summed E-state index contributed by atoms with van der Waals surface area (Å²) >= 11 is 0. The fraction of sp³-hybridized carbons (Fsp3) is 0.625. The summed E-state index contributed by atoms with van der Waals surface area (Å²) in [6.07, 6.45) is 2.44. The highest BCUT2D eigenvalue weighted by Gasteiger charge is 2.21. The summed E-state index contributed by atoms with van der Waals surface area (Å²) in [5, 5.41) is 14.5. The first kappa shape index (κ1) is 15.8. The standard InChI is InChI=1S/C16H25N3O2/c1-12(2)18(11-14-5-4-6-17-10-14)15-7-13(3)8-16(9-15)19(20)21/h7-9,12,14,17H,4-6,10-11H2,1-3H3. The van der Waals surface area contributed by atoms with Gasteiger partial charge >= 0.3 is 0 Å². The minimum atomic E-state index is -0.308. The van der Waals surface area contributed by atoms with Gasteiger partial charge in [0.25, 0.3) is 5.69 Å². The van der Waals surface area contributed by atoms with Crippen LogP contribution < -0.4 is 10.2 Å². The summed E-state index contributed by atoms with van der Waals surface area (Å²) in [4.78, 5) is 13.0. The van der Waals surface area contributed by atoms with Gasteiger partial charge in [0.15, 0.2) is 0 Å². The Morgan fingerprint density at radius 3 is 2.76 bits per heavy atom. The van der Waals surface area contributed by atoms with E-state index < -0.39 is 0 Å². The Bertz CT molecular complexity index is 496. The number of nitrogens with one attached hydrogen (secondary N) is 1. The molecule has 21 heavy (non-hydrogen) atoms. The molecule has 1 heterocycles. The molecule has 1 atom stereocenters. The van der Waals surface area contributed by atoms with E-state index >= 15 is 0 Å². The van der Waals surface area contributed by atoms with Crippen molar-refractivity contribution >= 4 is 11.4 Å². The third kappa shape index (κ3) is 4.17. The van der Waals surface area contributed by atoms with Gasteiger partial charge in [-0.1, -0.05) is 0 Å². The van der Waals surface area contributed by atoms with Crippen LogP contribution in [-0.2, 0) is 0 Å². The van der Waals surface area contributed by atoms with Crippen LogP contribution in [0.4, 0.5) is 11.4 Å². The Kier molecular flexibility index (Phi) is 5.17. The molecule has 1 aromatic carbocycles. The van der Waals surface area contributed by atoms with Crippen LogP contribution in [0.1, 0.15) is 32.3 Å². The van der Waals surface area contributed by atoms with Gasteiger partial charge in [0, 0.05) is 30.4 Å². The Hall–Kier alpha value is -1.62. The molecule has 0 bridgehead atoms. The van der Waals surface area contributed by atoms with Gasteiger partial charge < -0.3 is 10.2 Å². The molecule has 1 N–H and O–H groups in total. The molecule has 0 saturated carbocycles. The Balaban J connectivity index is 2.22. The van der Waals surface area contributed by atoms with E-state index in [9.17, 15) is 10.1 Å². The molecule has 1 saturated heterocycles. The number of benzene rings is 1. The number of aryl methyl sites for hydroxylation is 1. The van der Waals surface area contributed by atoms with Crippen molar-refractivity contribution in [1.82, 2.24) is 5.32 Å². The quantitative estimate of drug-likeness (QED) is 0.669. The van der Waals surface area contributed by atoms with Crippen molar-refractivity contribution in [1.29, 1.82) is 0 Å². The molecule has 0 spiro atoms. The Labute approximate surface area is 126 Å². The van der Waals surface area contributed by atoms with E-state index in [1.54, 1.807) is 12.1 Å². The minimum absolute atomic E-state index is 0.178. The molecule has 0 amide bonds. The summed E-state index contributed by atoms with van der Waals surface area (Å²) in [6.45, 7) is 9.29. The van der Waals surface area contributed by atoms with Gasteiger partial charge in [-0.3, -0.25) is 10.1 Å². The second kappa shape index (κ2) is 6.89. The van der Waals surface area contributed by atoms with Crippen molar-refractivity contribution in [3.8, 4) is 0 Å². The van der Waals surface area contributed by atoms with Crippen molar-refractivity contribution in [2.24, 2.45) is 5.92 Å². The maximum atomic E-state index is 11.1. The van der Waals surface area contributed by atoms with Gasteiger partial charge in [0.05, 0.1) is 4.92 Å². The average molecular weight is 291 g/mol. The number of nitrogens with zero attached hydrogens (tertiary/aromatic N) is 2. The van der Waals surface area contributed by atoms with Gasteiger partial charge in [-0.15, -0.1) is 0 Å². The molecule has 5 nitrogen and oxygen atoms in total. The first-order valence-electron chi connectivity index (χ1n) is 7.71. The lowest BCUT2D eigenvalue weighted by atomic mass is 9.98. The topological polar surface area (TPSA) is 58.4 Å². The van der Waals surface area contributed by atoms with Crippen molar-refractivity contribution in [3.05, 3.63) is 33.9 Å². The lowest BCUT2D eigenvalue weighted by Crippen LogP contribution is -2.41. The molecule has 1 unspecified atom stereocenters. The van der Waals surface area contributed by atoms with Crippen LogP contribution in [0.5, 0.6) is 0 Å². The highest BCUT2D eigenvalue weighted by Crippen LogP contribution is 2.27. The normalized spacial score (nSPS) is 18.8. The lowest BCUT2D eigenvalue weighted by Gasteiger charge is -2.34. The Morgan fingerprint density at radius 1 is 1.43 bits per heavy atom. The van der Waals surface area contributed by atoms with Crippen molar-refractivity contribution in [2.45, 2.75) is 39.7 Å². The molecular formula is C16H25N3O2. The molecule has 116 valence electrons.